The summed E-state index contributed by atoms with van der Waals surface area (Å²) in [7, 11) is 0. The predicted molar refractivity (Wildman–Crippen MR) is 102 cm³/mol. The van der Waals surface area contributed by atoms with Crippen molar-refractivity contribution in [2.24, 2.45) is 5.92 Å². The zero-order chi connectivity index (χ0) is 18.2. The molecule has 27 heavy (non-hydrogen) atoms. The molecule has 1 N–H and O–H groups in total. The molecule has 1 fully saturated rings. The molecule has 0 unspecified atom stereocenters. The van der Waals surface area contributed by atoms with E-state index in [-0.39, 0.29) is 5.56 Å². The van der Waals surface area contributed by atoms with Crippen LogP contribution in [0.25, 0.3) is 11.4 Å². The van der Waals surface area contributed by atoms with Crippen LogP contribution in [0.3, 0.4) is 0 Å². The third-order valence-corrected chi connectivity index (χ3v) is 5.84. The van der Waals surface area contributed by atoms with Crippen molar-refractivity contribution in [3.8, 4) is 11.4 Å². The lowest BCUT2D eigenvalue weighted by Gasteiger charge is -2.37. The second-order valence-corrected chi connectivity index (χ2v) is 7.64. The quantitative estimate of drug-likeness (QED) is 0.748. The van der Waals surface area contributed by atoms with Crippen molar-refractivity contribution in [1.82, 2.24) is 29.0 Å². The van der Waals surface area contributed by atoms with Crippen LogP contribution >= 0.6 is 0 Å². The maximum absolute atomic E-state index is 13.2. The highest BCUT2D eigenvalue weighted by Gasteiger charge is 2.31. The number of nitrogens with one attached hydrogen (secondary N) is 1. The third-order valence-electron chi connectivity index (χ3n) is 5.84. The zero-order valence-electron chi connectivity index (χ0n) is 15.3. The van der Waals surface area contributed by atoms with E-state index in [1.54, 1.807) is 12.4 Å². The van der Waals surface area contributed by atoms with E-state index in [4.69, 9.17) is 0 Å². The molecule has 1 saturated heterocycles. The molecule has 2 aliphatic heterocycles. The van der Waals surface area contributed by atoms with Crippen molar-refractivity contribution in [1.29, 1.82) is 0 Å². The molecule has 2 aliphatic rings. The molecule has 140 valence electrons. The smallest absolute Gasteiger partial charge is 0.261 e. The summed E-state index contributed by atoms with van der Waals surface area (Å²) >= 11 is 0. The molecule has 7 heteroatoms. The average molecular weight is 364 g/mol. The highest BCUT2D eigenvalue weighted by molar-refractivity contribution is 5.54. The van der Waals surface area contributed by atoms with Gasteiger partial charge in [0.15, 0.2) is 0 Å². The first kappa shape index (κ1) is 16.5. The fourth-order valence-electron chi connectivity index (χ4n) is 4.54. The van der Waals surface area contributed by atoms with Gasteiger partial charge in [-0.05, 0) is 37.4 Å². The lowest BCUT2D eigenvalue weighted by Crippen LogP contribution is -2.45. The number of rotatable bonds is 5. The summed E-state index contributed by atoms with van der Waals surface area (Å²) in [6, 6.07) is 4.10. The molecule has 5 heterocycles. The van der Waals surface area contributed by atoms with Crippen molar-refractivity contribution in [3.63, 3.8) is 0 Å². The van der Waals surface area contributed by atoms with Gasteiger partial charge in [-0.3, -0.25) is 4.79 Å². The second kappa shape index (κ2) is 6.81. The van der Waals surface area contributed by atoms with Crippen molar-refractivity contribution in [2.45, 2.75) is 38.4 Å². The number of aryl methyl sites for hydroxylation is 2. The Morgan fingerprint density at radius 2 is 2.11 bits per heavy atom. The largest absolute Gasteiger partial charge is 0.337 e. The Balaban J connectivity index is 1.42. The van der Waals surface area contributed by atoms with Crippen LogP contribution in [0.4, 0.5) is 0 Å². The van der Waals surface area contributed by atoms with Gasteiger partial charge in [-0.25, -0.2) is 9.97 Å². The molecule has 7 nitrogen and oxygen atoms in total. The number of fused-ring (bicyclic) bond motifs is 4. The Morgan fingerprint density at radius 3 is 3.00 bits per heavy atom. The summed E-state index contributed by atoms with van der Waals surface area (Å²) in [6.45, 7) is 4.52. The minimum absolute atomic E-state index is 0.103. The van der Waals surface area contributed by atoms with E-state index < -0.39 is 0 Å². The third kappa shape index (κ3) is 3.02. The lowest BCUT2D eigenvalue weighted by molar-refractivity contribution is 0.257. The van der Waals surface area contributed by atoms with Crippen molar-refractivity contribution >= 4 is 0 Å². The van der Waals surface area contributed by atoms with E-state index in [1.807, 2.05) is 29.4 Å². The Morgan fingerprint density at radius 1 is 1.15 bits per heavy atom. The van der Waals surface area contributed by atoms with E-state index in [0.29, 0.717) is 17.4 Å². The lowest BCUT2D eigenvalue weighted by atomic mass is 9.84. The highest BCUT2D eigenvalue weighted by Crippen LogP contribution is 2.32. The van der Waals surface area contributed by atoms with Gasteiger partial charge < -0.3 is 19.0 Å². The van der Waals surface area contributed by atoms with Gasteiger partial charge in [0.05, 0.1) is 11.9 Å². The molecule has 5 rings (SSSR count). The van der Waals surface area contributed by atoms with Crippen LogP contribution in [-0.2, 0) is 19.6 Å². The van der Waals surface area contributed by atoms with Crippen molar-refractivity contribution < 1.29 is 0 Å². The molecular formula is C20H24N6O. The minimum atomic E-state index is 0.103. The summed E-state index contributed by atoms with van der Waals surface area (Å²) in [5.74, 6) is 1.78. The SMILES string of the molecule is O=c1c(-c2nccn2CCCn2ccnc2)ccc2n1C[C@@H]1CNC[C@H]2C1. The van der Waals surface area contributed by atoms with E-state index >= 15 is 0 Å². The Kier molecular flexibility index (Phi) is 4.16. The first-order valence-corrected chi connectivity index (χ1v) is 9.71. The summed E-state index contributed by atoms with van der Waals surface area (Å²) in [5, 5.41) is 3.49. The first-order chi connectivity index (χ1) is 13.3. The maximum atomic E-state index is 13.2. The van der Waals surface area contributed by atoms with Gasteiger partial charge in [-0.1, -0.05) is 0 Å². The van der Waals surface area contributed by atoms with Gasteiger partial charge in [-0.15, -0.1) is 0 Å². The average Bonchev–Trinajstić information content (AvgIpc) is 3.35. The van der Waals surface area contributed by atoms with Gasteiger partial charge in [0, 0.05) is 62.6 Å². The van der Waals surface area contributed by atoms with Gasteiger partial charge in [0.2, 0.25) is 0 Å². The van der Waals surface area contributed by atoms with E-state index in [1.165, 1.54) is 12.1 Å². The van der Waals surface area contributed by atoms with Crippen LogP contribution in [-0.4, -0.2) is 36.8 Å². The zero-order valence-corrected chi connectivity index (χ0v) is 15.3. The molecule has 0 saturated carbocycles. The molecule has 3 aromatic heterocycles. The summed E-state index contributed by atoms with van der Waals surface area (Å²) in [6.07, 6.45) is 11.5. The number of nitrogens with zero attached hydrogens (tertiary/aromatic N) is 5. The van der Waals surface area contributed by atoms with Crippen LogP contribution in [0.2, 0.25) is 0 Å². The molecule has 0 spiro atoms. The minimum Gasteiger partial charge on any atom is -0.337 e. The molecule has 2 bridgehead atoms. The molecule has 2 atom stereocenters. The van der Waals surface area contributed by atoms with Gasteiger partial charge in [-0.2, -0.15) is 0 Å². The number of piperidine rings is 1. The maximum Gasteiger partial charge on any atom is 0.261 e. The number of hydrogen-bond donors (Lipinski definition) is 1. The fraction of sp³-hybridized carbons (Fsp3) is 0.450. The van der Waals surface area contributed by atoms with Gasteiger partial charge in [0.1, 0.15) is 5.82 Å². The molecule has 0 aliphatic carbocycles. The van der Waals surface area contributed by atoms with Gasteiger partial charge >= 0.3 is 0 Å². The molecule has 0 aromatic carbocycles. The fourth-order valence-corrected chi connectivity index (χ4v) is 4.54. The summed E-state index contributed by atoms with van der Waals surface area (Å²) < 4.78 is 6.16. The number of hydrogen-bond acceptors (Lipinski definition) is 4. The van der Waals surface area contributed by atoms with Crippen LogP contribution in [0.1, 0.15) is 24.5 Å². The molecule has 3 aromatic rings. The summed E-state index contributed by atoms with van der Waals surface area (Å²) in [5.41, 5.74) is 1.98. The standard InChI is InChI=1S/C20H24N6O/c27-20-17(2-3-18-16-10-15(11-22-12-16)13-26(18)20)19-23-5-9-25(19)7-1-6-24-8-4-21-14-24/h2-5,8-9,14-16,22H,1,6-7,10-13H2/t15-,16+/m0/s1. The summed E-state index contributed by atoms with van der Waals surface area (Å²) in [4.78, 5) is 21.8. The molecule has 0 amide bonds. The topological polar surface area (TPSA) is 69.7 Å². The van der Waals surface area contributed by atoms with E-state index in [9.17, 15) is 4.79 Å². The van der Waals surface area contributed by atoms with Crippen molar-refractivity contribution in [3.05, 3.63) is 59.3 Å². The van der Waals surface area contributed by atoms with Crippen molar-refractivity contribution in [2.75, 3.05) is 13.1 Å². The monoisotopic (exact) mass is 364 g/mol. The van der Waals surface area contributed by atoms with E-state index in [2.05, 4.69) is 30.5 Å². The number of pyridine rings is 1. The van der Waals surface area contributed by atoms with Crippen LogP contribution in [0.15, 0.2) is 48.0 Å². The molecular weight excluding hydrogens is 340 g/mol. The van der Waals surface area contributed by atoms with Gasteiger partial charge in [0.25, 0.3) is 5.56 Å². The number of imidazole rings is 2. The Labute approximate surface area is 157 Å². The van der Waals surface area contributed by atoms with E-state index in [0.717, 1.165) is 45.0 Å². The predicted octanol–water partition coefficient (Wildman–Crippen LogP) is 1.71. The Bertz CT molecular complexity index is 986. The molecule has 0 radical (unpaired) electrons. The Hall–Kier alpha value is -2.67. The number of aromatic nitrogens is 5. The second-order valence-electron chi connectivity index (χ2n) is 7.64. The normalized spacial score (nSPS) is 21.2. The highest BCUT2D eigenvalue weighted by atomic mass is 16.1. The van der Waals surface area contributed by atoms with Crippen LogP contribution < -0.4 is 10.9 Å². The first-order valence-electron chi connectivity index (χ1n) is 9.71. The van der Waals surface area contributed by atoms with Crippen LogP contribution in [0.5, 0.6) is 0 Å². The van der Waals surface area contributed by atoms with Crippen LogP contribution in [0, 0.1) is 5.92 Å².